The third kappa shape index (κ3) is 5.30. The third-order valence-corrected chi connectivity index (χ3v) is 5.21. The minimum Gasteiger partial charge on any atom is -0.444 e. The van der Waals surface area contributed by atoms with Crippen LogP contribution in [0.1, 0.15) is 57.9 Å². The molecule has 7 heteroatoms. The van der Waals surface area contributed by atoms with Gasteiger partial charge < -0.3 is 14.5 Å². The number of nitrogens with zero attached hydrogens (tertiary/aromatic N) is 3. The first-order chi connectivity index (χ1) is 12.6. The minimum atomic E-state index is -2.55. The van der Waals surface area contributed by atoms with Crippen molar-refractivity contribution < 1.29 is 18.3 Å². The fourth-order valence-corrected chi connectivity index (χ4v) is 3.65. The zero-order valence-electron chi connectivity index (χ0n) is 16.4. The van der Waals surface area contributed by atoms with Crippen molar-refractivity contribution in [2.45, 2.75) is 63.9 Å². The monoisotopic (exact) mass is 381 g/mol. The second-order valence-electron chi connectivity index (χ2n) is 8.53. The molecule has 1 amide bonds. The Morgan fingerprint density at radius 2 is 1.81 bits per heavy atom. The molecule has 2 aliphatic rings. The van der Waals surface area contributed by atoms with Crippen LogP contribution >= 0.6 is 0 Å². The lowest BCUT2D eigenvalue weighted by atomic mass is 9.90. The van der Waals surface area contributed by atoms with Crippen molar-refractivity contribution in [1.82, 2.24) is 9.88 Å². The van der Waals surface area contributed by atoms with Crippen LogP contribution in [0.4, 0.5) is 19.4 Å². The molecule has 0 atom stereocenters. The summed E-state index contributed by atoms with van der Waals surface area (Å²) in [5.74, 6) is -1.43. The number of likely N-dealkylation sites (tertiary alicyclic amines) is 1. The molecule has 2 saturated heterocycles. The number of ether oxygens (including phenoxy) is 1. The predicted octanol–water partition coefficient (Wildman–Crippen LogP) is 4.43. The lowest BCUT2D eigenvalue weighted by molar-refractivity contribution is -0.0221. The largest absolute Gasteiger partial charge is 0.444 e. The number of carbonyl (C=O) groups excluding carboxylic acids is 1. The van der Waals surface area contributed by atoms with E-state index in [-0.39, 0.29) is 18.9 Å². The topological polar surface area (TPSA) is 45.7 Å². The van der Waals surface area contributed by atoms with Crippen molar-refractivity contribution in [3.63, 3.8) is 0 Å². The minimum absolute atomic E-state index is 0.118. The molecule has 27 heavy (non-hydrogen) atoms. The number of aromatic nitrogens is 1. The molecular weight excluding hydrogens is 352 g/mol. The molecule has 0 unspecified atom stereocenters. The number of rotatable bonds is 2. The summed E-state index contributed by atoms with van der Waals surface area (Å²) in [5, 5.41) is 0. The quantitative estimate of drug-likeness (QED) is 0.760. The molecule has 150 valence electrons. The molecule has 0 aliphatic carbocycles. The zero-order chi connectivity index (χ0) is 19.7. The Morgan fingerprint density at radius 1 is 1.19 bits per heavy atom. The Morgan fingerprint density at radius 3 is 2.41 bits per heavy atom. The van der Waals surface area contributed by atoms with Gasteiger partial charge in [0.05, 0.1) is 0 Å². The van der Waals surface area contributed by atoms with Gasteiger partial charge in [0, 0.05) is 45.2 Å². The van der Waals surface area contributed by atoms with E-state index in [1.165, 1.54) is 5.56 Å². The summed E-state index contributed by atoms with van der Waals surface area (Å²) < 4.78 is 32.2. The fraction of sp³-hybridized carbons (Fsp3) is 0.700. The summed E-state index contributed by atoms with van der Waals surface area (Å²) in [6, 6.07) is 4.02. The van der Waals surface area contributed by atoms with Gasteiger partial charge in [0.25, 0.3) is 5.92 Å². The van der Waals surface area contributed by atoms with Gasteiger partial charge in [0.1, 0.15) is 11.4 Å². The van der Waals surface area contributed by atoms with Crippen LogP contribution in [0.25, 0.3) is 0 Å². The normalized spacial score (nSPS) is 21.2. The van der Waals surface area contributed by atoms with Crippen LogP contribution in [0.3, 0.4) is 0 Å². The maximum atomic E-state index is 13.4. The van der Waals surface area contributed by atoms with Gasteiger partial charge in [-0.05, 0) is 57.2 Å². The van der Waals surface area contributed by atoms with E-state index >= 15 is 0 Å². The van der Waals surface area contributed by atoms with E-state index in [0.29, 0.717) is 32.1 Å². The molecule has 0 radical (unpaired) electrons. The van der Waals surface area contributed by atoms with Crippen molar-refractivity contribution >= 4 is 11.9 Å². The third-order valence-electron chi connectivity index (χ3n) is 5.21. The molecule has 2 aliphatic heterocycles. The maximum absolute atomic E-state index is 13.4. The molecule has 1 aromatic rings. The molecule has 0 spiro atoms. The number of pyridine rings is 1. The number of carbonyl (C=O) groups is 1. The Labute approximate surface area is 159 Å². The average Bonchev–Trinajstić information content (AvgIpc) is 2.60. The first-order valence-electron chi connectivity index (χ1n) is 9.70. The van der Waals surface area contributed by atoms with Gasteiger partial charge in [0.2, 0.25) is 0 Å². The number of anilines is 1. The lowest BCUT2D eigenvalue weighted by Crippen LogP contribution is -2.41. The summed E-state index contributed by atoms with van der Waals surface area (Å²) in [5.41, 5.74) is 0.681. The van der Waals surface area contributed by atoms with Crippen molar-refractivity contribution in [2.75, 3.05) is 31.1 Å². The standard InChI is InChI=1S/C20H29F2N3O2/c1-19(2,3)27-18(26)25-10-5-15(6-11-25)16-4-9-23-17(14-16)24-12-7-20(21,22)8-13-24/h4,9,14-15H,5-8,10-13H2,1-3H3. The van der Waals surface area contributed by atoms with Gasteiger partial charge in [-0.2, -0.15) is 0 Å². The number of halogens is 2. The van der Waals surface area contributed by atoms with Crippen LogP contribution in [0.2, 0.25) is 0 Å². The fourth-order valence-electron chi connectivity index (χ4n) is 3.65. The number of hydrogen-bond donors (Lipinski definition) is 0. The Hall–Kier alpha value is -1.92. The first kappa shape index (κ1) is 19.8. The van der Waals surface area contributed by atoms with Crippen LogP contribution in [-0.2, 0) is 4.74 Å². The molecule has 1 aromatic heterocycles. The van der Waals surface area contributed by atoms with E-state index in [9.17, 15) is 13.6 Å². The summed E-state index contributed by atoms with van der Waals surface area (Å²) in [4.78, 5) is 20.3. The summed E-state index contributed by atoms with van der Waals surface area (Å²) >= 11 is 0. The van der Waals surface area contributed by atoms with Gasteiger partial charge in [0.15, 0.2) is 0 Å². The van der Waals surface area contributed by atoms with E-state index in [1.54, 1.807) is 11.1 Å². The van der Waals surface area contributed by atoms with Crippen molar-refractivity contribution in [3.8, 4) is 0 Å². The van der Waals surface area contributed by atoms with Gasteiger partial charge in [-0.15, -0.1) is 0 Å². The summed E-state index contributed by atoms with van der Waals surface area (Å²) in [7, 11) is 0. The highest BCUT2D eigenvalue weighted by molar-refractivity contribution is 5.68. The number of piperidine rings is 2. The van der Waals surface area contributed by atoms with Gasteiger partial charge >= 0.3 is 6.09 Å². The van der Waals surface area contributed by atoms with E-state index in [1.807, 2.05) is 37.8 Å². The van der Waals surface area contributed by atoms with Gasteiger partial charge in [-0.3, -0.25) is 0 Å². The molecule has 0 aromatic carbocycles. The molecule has 3 heterocycles. The Kier molecular flexibility index (Phi) is 5.58. The highest BCUT2D eigenvalue weighted by atomic mass is 19.3. The van der Waals surface area contributed by atoms with E-state index in [4.69, 9.17) is 4.74 Å². The molecule has 0 saturated carbocycles. The van der Waals surface area contributed by atoms with Crippen LogP contribution < -0.4 is 4.90 Å². The molecule has 2 fully saturated rings. The van der Waals surface area contributed by atoms with Crippen molar-refractivity contribution in [1.29, 1.82) is 0 Å². The molecule has 5 nitrogen and oxygen atoms in total. The lowest BCUT2D eigenvalue weighted by Gasteiger charge is -2.35. The number of amides is 1. The maximum Gasteiger partial charge on any atom is 0.410 e. The molecular formula is C20H29F2N3O2. The number of hydrogen-bond acceptors (Lipinski definition) is 4. The molecule has 0 N–H and O–H groups in total. The second kappa shape index (κ2) is 7.60. The number of alkyl halides is 2. The Bertz CT molecular complexity index is 657. The zero-order valence-corrected chi connectivity index (χ0v) is 16.4. The van der Waals surface area contributed by atoms with Crippen LogP contribution in [0.15, 0.2) is 18.3 Å². The molecule has 3 rings (SSSR count). The highest BCUT2D eigenvalue weighted by Gasteiger charge is 2.34. The van der Waals surface area contributed by atoms with E-state index < -0.39 is 11.5 Å². The van der Waals surface area contributed by atoms with E-state index in [2.05, 4.69) is 4.98 Å². The SMILES string of the molecule is CC(C)(C)OC(=O)N1CCC(c2ccnc(N3CCC(F)(F)CC3)c2)CC1. The van der Waals surface area contributed by atoms with Gasteiger partial charge in [-0.25, -0.2) is 18.6 Å². The van der Waals surface area contributed by atoms with E-state index in [0.717, 1.165) is 18.7 Å². The second-order valence-corrected chi connectivity index (χ2v) is 8.53. The Balaban J connectivity index is 1.58. The van der Waals surface area contributed by atoms with Gasteiger partial charge in [-0.1, -0.05) is 0 Å². The summed E-state index contributed by atoms with van der Waals surface area (Å²) in [6.07, 6.45) is 2.99. The van der Waals surface area contributed by atoms with Crippen LogP contribution in [-0.4, -0.2) is 53.7 Å². The smallest absolute Gasteiger partial charge is 0.410 e. The first-order valence-corrected chi connectivity index (χ1v) is 9.70. The summed E-state index contributed by atoms with van der Waals surface area (Å²) in [6.45, 7) is 7.59. The molecule has 0 bridgehead atoms. The predicted molar refractivity (Wildman–Crippen MR) is 100 cm³/mol. The average molecular weight is 381 g/mol. The van der Waals surface area contributed by atoms with Crippen molar-refractivity contribution in [2.24, 2.45) is 0 Å². The van der Waals surface area contributed by atoms with Crippen LogP contribution in [0, 0.1) is 0 Å². The van der Waals surface area contributed by atoms with Crippen LogP contribution in [0.5, 0.6) is 0 Å². The highest BCUT2D eigenvalue weighted by Crippen LogP contribution is 2.33. The van der Waals surface area contributed by atoms with Crippen molar-refractivity contribution in [3.05, 3.63) is 23.9 Å².